The fourth-order valence-corrected chi connectivity index (χ4v) is 5.87. The summed E-state index contributed by atoms with van der Waals surface area (Å²) in [5.41, 5.74) is 1.50. The van der Waals surface area contributed by atoms with Gasteiger partial charge in [0.1, 0.15) is 34.8 Å². The first-order chi connectivity index (χ1) is 20.0. The number of carboxylic acid groups (broad SMARTS) is 1. The van der Waals surface area contributed by atoms with E-state index in [1.54, 1.807) is 18.6 Å². The van der Waals surface area contributed by atoms with Crippen molar-refractivity contribution in [1.82, 2.24) is 10.6 Å². The Morgan fingerprint density at radius 1 is 1.05 bits per heavy atom. The Balaban J connectivity index is 1.65. The second kappa shape index (κ2) is 13.6. The van der Waals surface area contributed by atoms with E-state index in [0.29, 0.717) is 28.7 Å². The minimum atomic E-state index is -1.15. The lowest BCUT2D eigenvalue weighted by Crippen LogP contribution is -2.54. The van der Waals surface area contributed by atoms with Gasteiger partial charge in [-0.3, -0.25) is 9.59 Å². The number of aliphatic carboxylic acids is 1. The smallest absolute Gasteiger partial charge is 0.336 e. The zero-order valence-electron chi connectivity index (χ0n) is 23.9. The molecule has 0 radical (unpaired) electrons. The molecule has 2 heterocycles. The molecule has 0 aliphatic carbocycles. The number of carboxylic acids is 1. The fourth-order valence-electron chi connectivity index (χ4n) is 4.75. The van der Waals surface area contributed by atoms with Gasteiger partial charge in [-0.2, -0.15) is 23.5 Å². The van der Waals surface area contributed by atoms with Crippen LogP contribution < -0.4 is 25.7 Å². The highest BCUT2D eigenvalue weighted by Gasteiger charge is 2.31. The van der Waals surface area contributed by atoms with Crippen LogP contribution in [0.1, 0.15) is 25.8 Å². The third-order valence-corrected chi connectivity index (χ3v) is 8.11. The van der Waals surface area contributed by atoms with Gasteiger partial charge < -0.3 is 29.6 Å². The summed E-state index contributed by atoms with van der Waals surface area (Å²) < 4.78 is 18.0. The maximum absolute atomic E-state index is 13.0. The molecule has 0 saturated heterocycles. The Bertz CT molecular complexity index is 1520. The largest absolute Gasteiger partial charge is 0.487 e. The molecule has 1 aliphatic rings. The number of carbonyl (C=O) groups excluding carboxylic acids is 2. The number of hydrogen-bond donors (Lipinski definition) is 3. The van der Waals surface area contributed by atoms with Crippen LogP contribution in [0.5, 0.6) is 11.5 Å². The molecule has 0 spiro atoms. The van der Waals surface area contributed by atoms with Crippen molar-refractivity contribution in [3.8, 4) is 22.6 Å². The highest BCUT2D eigenvalue weighted by Crippen LogP contribution is 2.44. The molecule has 0 saturated carbocycles. The molecule has 10 nitrogen and oxygen atoms in total. The lowest BCUT2D eigenvalue weighted by atomic mass is 9.91. The topological polar surface area (TPSA) is 144 Å². The zero-order chi connectivity index (χ0) is 30.4. The molecule has 3 aromatic rings. The van der Waals surface area contributed by atoms with Crippen LogP contribution in [0.2, 0.25) is 0 Å². The Morgan fingerprint density at radius 3 is 2.40 bits per heavy atom. The molecule has 0 bridgehead atoms. The van der Waals surface area contributed by atoms with Gasteiger partial charge in [-0.25, -0.2) is 9.59 Å². The molecule has 2 atom stereocenters. The van der Waals surface area contributed by atoms with Crippen LogP contribution in [0, 0.1) is 0 Å². The predicted molar refractivity (Wildman–Crippen MR) is 165 cm³/mol. The molecule has 0 fully saturated rings. The fraction of sp³-hybridized carbons (Fsp3) is 0.400. The average Bonchev–Trinajstić information content (AvgIpc) is 2.94. The van der Waals surface area contributed by atoms with E-state index in [2.05, 4.69) is 10.6 Å². The summed E-state index contributed by atoms with van der Waals surface area (Å²) in [6.45, 7) is 3.49. The molecule has 224 valence electrons. The van der Waals surface area contributed by atoms with Gasteiger partial charge in [0.25, 0.3) is 5.91 Å². The molecule has 42 heavy (non-hydrogen) atoms. The van der Waals surface area contributed by atoms with Gasteiger partial charge in [0.05, 0.1) is 5.39 Å². The molecule has 2 amide bonds. The van der Waals surface area contributed by atoms with Gasteiger partial charge in [0.2, 0.25) is 5.91 Å². The Labute approximate surface area is 251 Å². The van der Waals surface area contributed by atoms with Gasteiger partial charge >= 0.3 is 11.6 Å². The van der Waals surface area contributed by atoms with Crippen molar-refractivity contribution in [2.75, 3.05) is 30.6 Å². The minimum absolute atomic E-state index is 0.189. The van der Waals surface area contributed by atoms with Crippen LogP contribution in [0.15, 0.2) is 51.7 Å². The van der Waals surface area contributed by atoms with Crippen LogP contribution in [-0.2, 0) is 20.8 Å². The van der Waals surface area contributed by atoms with Crippen LogP contribution in [0.4, 0.5) is 0 Å². The maximum atomic E-state index is 13.0. The van der Waals surface area contributed by atoms with Crippen molar-refractivity contribution < 1.29 is 33.4 Å². The summed E-state index contributed by atoms with van der Waals surface area (Å²) in [6, 6.07) is 10.4. The van der Waals surface area contributed by atoms with Crippen molar-refractivity contribution in [2.24, 2.45) is 0 Å². The van der Waals surface area contributed by atoms with Crippen molar-refractivity contribution >= 4 is 52.3 Å². The van der Waals surface area contributed by atoms with Gasteiger partial charge in [0.15, 0.2) is 6.61 Å². The van der Waals surface area contributed by atoms with E-state index in [1.807, 2.05) is 44.2 Å². The average molecular weight is 615 g/mol. The highest BCUT2D eigenvalue weighted by atomic mass is 32.2. The quantitative estimate of drug-likeness (QED) is 0.258. The number of amides is 2. The summed E-state index contributed by atoms with van der Waals surface area (Å²) in [7, 11) is 0. The van der Waals surface area contributed by atoms with Gasteiger partial charge in [-0.05, 0) is 44.8 Å². The number of aryl methyl sites for hydroxylation is 1. The number of rotatable bonds is 12. The monoisotopic (exact) mass is 614 g/mol. The number of benzene rings is 2. The molecule has 1 aliphatic heterocycles. The van der Waals surface area contributed by atoms with E-state index < -0.39 is 47.7 Å². The second-order valence-electron chi connectivity index (χ2n) is 10.5. The molecule has 12 heteroatoms. The molecule has 2 aromatic carbocycles. The number of carbonyl (C=O) groups is 3. The number of ether oxygens (including phenoxy) is 2. The third kappa shape index (κ3) is 7.40. The van der Waals surface area contributed by atoms with Crippen molar-refractivity contribution in [3.05, 3.63) is 58.4 Å². The molecular formula is C30H34N2O8S2. The van der Waals surface area contributed by atoms with Gasteiger partial charge in [0, 0.05) is 34.8 Å². The molecule has 4 rings (SSSR count). The molecule has 1 aromatic heterocycles. The van der Waals surface area contributed by atoms with E-state index >= 15 is 0 Å². The first-order valence-electron chi connectivity index (χ1n) is 13.3. The molecule has 0 unspecified atom stereocenters. The van der Waals surface area contributed by atoms with Crippen LogP contribution >= 0.6 is 23.5 Å². The van der Waals surface area contributed by atoms with E-state index in [0.717, 1.165) is 17.5 Å². The zero-order valence-corrected chi connectivity index (χ0v) is 25.5. The van der Waals surface area contributed by atoms with E-state index in [9.17, 15) is 24.3 Å². The van der Waals surface area contributed by atoms with Crippen LogP contribution in [0.25, 0.3) is 22.1 Å². The van der Waals surface area contributed by atoms with Crippen LogP contribution in [-0.4, -0.2) is 71.2 Å². The van der Waals surface area contributed by atoms with E-state index in [-0.39, 0.29) is 17.3 Å². The number of thioether (sulfide) groups is 2. The maximum Gasteiger partial charge on any atom is 0.336 e. The first kappa shape index (κ1) is 31.3. The van der Waals surface area contributed by atoms with Crippen molar-refractivity contribution in [3.63, 3.8) is 0 Å². The second-order valence-corrected chi connectivity index (χ2v) is 12.3. The Kier molecular flexibility index (Phi) is 10.1. The standard InChI is InChI=1S/C30H34N2O8S2/c1-30(2)11-10-18-22(40-30)13-23(26-19(12-25(34)39-27(18)26)17-8-6-5-7-9-17)38-14-24(33)31-20(15-41-3)28(35)32-21(16-42-4)29(36)37/h5-9,12-13,20-21H,10-11,14-16H2,1-4H3,(H,31,33)(H,32,35)(H,36,37)/t20-,21-/m1/s1. The Morgan fingerprint density at radius 2 is 1.74 bits per heavy atom. The van der Waals surface area contributed by atoms with Crippen LogP contribution in [0.3, 0.4) is 0 Å². The highest BCUT2D eigenvalue weighted by molar-refractivity contribution is 7.98. The molecule has 3 N–H and O–H groups in total. The Hall–Kier alpha value is -3.64. The first-order valence-corrected chi connectivity index (χ1v) is 16.1. The van der Waals surface area contributed by atoms with E-state index in [1.165, 1.54) is 29.6 Å². The number of fused-ring (bicyclic) bond motifs is 3. The summed E-state index contributed by atoms with van der Waals surface area (Å²) in [5.74, 6) is -1.10. The SMILES string of the molecule is CSC[C@@H](NC(=O)[C@@H](CSC)NC(=O)COc1cc2c(c3oc(=O)cc(-c4ccccc4)c13)CCC(C)(C)O2)C(=O)O. The lowest BCUT2D eigenvalue weighted by Gasteiger charge is -2.33. The summed E-state index contributed by atoms with van der Waals surface area (Å²) in [4.78, 5) is 50.1. The van der Waals surface area contributed by atoms with Crippen molar-refractivity contribution in [2.45, 2.75) is 44.4 Å². The van der Waals surface area contributed by atoms with E-state index in [4.69, 9.17) is 13.9 Å². The minimum Gasteiger partial charge on any atom is -0.487 e. The van der Waals surface area contributed by atoms with Crippen molar-refractivity contribution in [1.29, 1.82) is 0 Å². The molecular weight excluding hydrogens is 580 g/mol. The summed E-state index contributed by atoms with van der Waals surface area (Å²) >= 11 is 2.62. The number of nitrogens with one attached hydrogen (secondary N) is 2. The third-order valence-electron chi connectivity index (χ3n) is 6.78. The predicted octanol–water partition coefficient (Wildman–Crippen LogP) is 3.72. The lowest BCUT2D eigenvalue weighted by molar-refractivity contribution is -0.141. The normalized spacial score (nSPS) is 15.1. The summed E-state index contributed by atoms with van der Waals surface area (Å²) in [6.07, 6.45) is 4.86. The van der Waals surface area contributed by atoms with Gasteiger partial charge in [-0.15, -0.1) is 0 Å². The number of hydrogen-bond acceptors (Lipinski definition) is 9. The van der Waals surface area contributed by atoms with Gasteiger partial charge in [-0.1, -0.05) is 30.3 Å². The summed E-state index contributed by atoms with van der Waals surface area (Å²) in [5, 5.41) is 15.1.